The molecule has 1 nitrogen and oxygen atoms in total. The van der Waals surface area contributed by atoms with E-state index in [1.54, 1.807) is 6.07 Å². The summed E-state index contributed by atoms with van der Waals surface area (Å²) in [4.78, 5) is 0.0659. The first-order valence-corrected chi connectivity index (χ1v) is 8.42. The maximum Gasteiger partial charge on any atom is 0.124 e. The number of fused-ring (bicyclic) bond motifs is 1. The largest absolute Gasteiger partial charge is 0.490 e. The number of hydrogen-bond acceptors (Lipinski definition) is 1. The maximum absolute atomic E-state index is 13.2. The van der Waals surface area contributed by atoms with Gasteiger partial charge < -0.3 is 4.74 Å². The highest BCUT2D eigenvalue weighted by Crippen LogP contribution is 2.37. The molecule has 0 fully saturated rings. The third-order valence-corrected chi connectivity index (χ3v) is 5.40. The Bertz CT molecular complexity index is 659. The molecule has 0 saturated heterocycles. The van der Waals surface area contributed by atoms with Gasteiger partial charge in [-0.05, 0) is 64.4 Å². The molecule has 2 atom stereocenters. The molecule has 2 unspecified atom stereocenters. The van der Waals surface area contributed by atoms with Crippen LogP contribution in [0.3, 0.4) is 0 Å². The van der Waals surface area contributed by atoms with Gasteiger partial charge in [0.15, 0.2) is 0 Å². The van der Waals surface area contributed by atoms with Gasteiger partial charge in [-0.2, -0.15) is 0 Å². The highest BCUT2D eigenvalue weighted by atomic mass is 127. The second kappa shape index (κ2) is 5.64. The van der Waals surface area contributed by atoms with Crippen molar-refractivity contribution >= 4 is 38.5 Å². The zero-order valence-corrected chi connectivity index (χ0v) is 14.6. The molecule has 3 rings (SSSR count). The van der Waals surface area contributed by atoms with Crippen LogP contribution in [0.5, 0.6) is 5.75 Å². The summed E-state index contributed by atoms with van der Waals surface area (Å²) in [6.07, 6.45) is 1.20. The number of ether oxygens (including phenoxy) is 1. The minimum Gasteiger partial charge on any atom is -0.490 e. The highest BCUT2D eigenvalue weighted by Gasteiger charge is 2.21. The average Bonchev–Trinajstić information content (AvgIpc) is 2.77. The Hall–Kier alpha value is -0.620. The SMILES string of the molecule is CC1Cc2cc(C(Br)c3ccc(F)cc3I)ccc2O1. The van der Waals surface area contributed by atoms with Crippen LogP contribution in [0.1, 0.15) is 28.4 Å². The van der Waals surface area contributed by atoms with Crippen molar-refractivity contribution in [1.82, 2.24) is 0 Å². The molecular weight excluding hydrogens is 434 g/mol. The Balaban J connectivity index is 1.95. The molecule has 0 spiro atoms. The fraction of sp³-hybridized carbons (Fsp3) is 0.250. The van der Waals surface area contributed by atoms with Crippen molar-refractivity contribution in [2.24, 2.45) is 0 Å². The van der Waals surface area contributed by atoms with Gasteiger partial charge in [-0.15, -0.1) is 0 Å². The molecule has 0 bridgehead atoms. The van der Waals surface area contributed by atoms with E-state index < -0.39 is 0 Å². The highest BCUT2D eigenvalue weighted by molar-refractivity contribution is 14.1. The van der Waals surface area contributed by atoms with Crippen LogP contribution in [0.4, 0.5) is 4.39 Å². The van der Waals surface area contributed by atoms with Crippen molar-refractivity contribution in [2.45, 2.75) is 24.3 Å². The minimum absolute atomic E-state index is 0.0659. The van der Waals surface area contributed by atoms with E-state index in [9.17, 15) is 4.39 Å². The lowest BCUT2D eigenvalue weighted by molar-refractivity contribution is 0.254. The van der Waals surface area contributed by atoms with Gasteiger partial charge in [0.05, 0.1) is 4.83 Å². The van der Waals surface area contributed by atoms with Crippen LogP contribution in [-0.2, 0) is 6.42 Å². The van der Waals surface area contributed by atoms with Crippen LogP contribution in [0.15, 0.2) is 36.4 Å². The summed E-state index contributed by atoms with van der Waals surface area (Å²) in [7, 11) is 0. The average molecular weight is 447 g/mol. The van der Waals surface area contributed by atoms with Crippen LogP contribution in [0.2, 0.25) is 0 Å². The first-order valence-electron chi connectivity index (χ1n) is 6.43. The lowest BCUT2D eigenvalue weighted by Crippen LogP contribution is -2.05. The molecule has 0 N–H and O–H groups in total. The van der Waals surface area contributed by atoms with Crippen LogP contribution in [-0.4, -0.2) is 6.10 Å². The summed E-state index contributed by atoms with van der Waals surface area (Å²) in [6, 6.07) is 11.2. The molecule has 1 aliphatic rings. The lowest BCUT2D eigenvalue weighted by Gasteiger charge is -2.14. The number of alkyl halides is 1. The van der Waals surface area contributed by atoms with Gasteiger partial charge in [-0.1, -0.05) is 34.1 Å². The minimum atomic E-state index is -0.200. The fourth-order valence-electron chi connectivity index (χ4n) is 2.49. The predicted molar refractivity (Wildman–Crippen MR) is 90.1 cm³/mol. The van der Waals surface area contributed by atoms with Crippen molar-refractivity contribution < 1.29 is 9.13 Å². The topological polar surface area (TPSA) is 9.23 Å². The molecule has 0 saturated carbocycles. The maximum atomic E-state index is 13.2. The van der Waals surface area contributed by atoms with Crippen molar-refractivity contribution in [1.29, 1.82) is 0 Å². The second-order valence-corrected chi connectivity index (χ2v) is 7.11. The van der Waals surface area contributed by atoms with E-state index in [1.165, 1.54) is 17.2 Å². The molecule has 0 aliphatic carbocycles. The van der Waals surface area contributed by atoms with E-state index in [1.807, 2.05) is 12.1 Å². The Morgan fingerprint density at radius 2 is 2.10 bits per heavy atom. The van der Waals surface area contributed by atoms with Crippen LogP contribution < -0.4 is 4.74 Å². The van der Waals surface area contributed by atoms with E-state index >= 15 is 0 Å². The lowest BCUT2D eigenvalue weighted by atomic mass is 10.0. The number of rotatable bonds is 2. The van der Waals surface area contributed by atoms with Crippen LogP contribution in [0, 0.1) is 9.39 Å². The van der Waals surface area contributed by atoms with E-state index in [2.05, 4.69) is 57.6 Å². The molecule has 1 aliphatic heterocycles. The van der Waals surface area contributed by atoms with E-state index in [4.69, 9.17) is 4.74 Å². The van der Waals surface area contributed by atoms with Gasteiger partial charge in [0.2, 0.25) is 0 Å². The normalized spacial score (nSPS) is 18.5. The monoisotopic (exact) mass is 446 g/mol. The smallest absolute Gasteiger partial charge is 0.124 e. The molecule has 0 amide bonds. The van der Waals surface area contributed by atoms with Crippen molar-refractivity contribution in [3.05, 3.63) is 62.5 Å². The molecule has 0 radical (unpaired) electrons. The summed E-state index contributed by atoms with van der Waals surface area (Å²) in [6.45, 7) is 2.08. The molecule has 1 heterocycles. The van der Waals surface area contributed by atoms with Crippen LogP contribution in [0.25, 0.3) is 0 Å². The summed E-state index contributed by atoms with van der Waals surface area (Å²) < 4.78 is 19.8. The predicted octanol–water partition coefficient (Wildman–Crippen LogP) is 5.24. The Kier molecular flexibility index (Phi) is 4.04. The summed E-state index contributed by atoms with van der Waals surface area (Å²) in [5, 5.41) is 0. The van der Waals surface area contributed by atoms with Crippen molar-refractivity contribution in [2.75, 3.05) is 0 Å². The molecule has 2 aromatic carbocycles. The third kappa shape index (κ3) is 2.72. The molecule has 2 aromatic rings. The number of benzene rings is 2. The summed E-state index contributed by atoms with van der Waals surface area (Å²) >= 11 is 5.90. The summed E-state index contributed by atoms with van der Waals surface area (Å²) in [5.74, 6) is 0.781. The number of halogens is 3. The van der Waals surface area contributed by atoms with Gasteiger partial charge in [0.1, 0.15) is 17.7 Å². The van der Waals surface area contributed by atoms with E-state index in [0.717, 1.165) is 21.3 Å². The Labute approximate surface area is 139 Å². The Morgan fingerprint density at radius 1 is 1.30 bits per heavy atom. The van der Waals surface area contributed by atoms with Gasteiger partial charge in [0.25, 0.3) is 0 Å². The van der Waals surface area contributed by atoms with Crippen LogP contribution >= 0.6 is 38.5 Å². The number of hydrogen-bond donors (Lipinski definition) is 0. The molecule has 104 valence electrons. The van der Waals surface area contributed by atoms with E-state index in [-0.39, 0.29) is 16.7 Å². The van der Waals surface area contributed by atoms with Gasteiger partial charge in [-0.3, -0.25) is 0 Å². The van der Waals surface area contributed by atoms with Gasteiger partial charge in [-0.25, -0.2) is 4.39 Å². The zero-order valence-electron chi connectivity index (χ0n) is 10.9. The first kappa shape index (κ1) is 14.3. The van der Waals surface area contributed by atoms with E-state index in [0.29, 0.717) is 0 Å². The molecule has 0 aromatic heterocycles. The molecular formula is C16H13BrFIO. The zero-order chi connectivity index (χ0) is 14.3. The van der Waals surface area contributed by atoms with Gasteiger partial charge >= 0.3 is 0 Å². The second-order valence-electron chi connectivity index (χ2n) is 5.03. The fourth-order valence-corrected chi connectivity index (χ4v) is 4.39. The third-order valence-electron chi connectivity index (χ3n) is 3.45. The quantitative estimate of drug-likeness (QED) is 0.453. The first-order chi connectivity index (χ1) is 9.54. The summed E-state index contributed by atoms with van der Waals surface area (Å²) in [5.41, 5.74) is 3.50. The standard InChI is InChI=1S/C16H13BrFIO/c1-9-6-11-7-10(2-5-15(11)20-9)16(17)13-4-3-12(18)8-14(13)19/h2-5,7-9,16H,6H2,1H3. The van der Waals surface area contributed by atoms with Crippen molar-refractivity contribution in [3.63, 3.8) is 0 Å². The molecule has 20 heavy (non-hydrogen) atoms. The molecule has 4 heteroatoms. The Morgan fingerprint density at radius 3 is 2.85 bits per heavy atom. The van der Waals surface area contributed by atoms with Crippen molar-refractivity contribution in [3.8, 4) is 5.75 Å². The van der Waals surface area contributed by atoms with Gasteiger partial charge in [0, 0.05) is 9.99 Å².